The van der Waals surface area contributed by atoms with Gasteiger partial charge in [-0.1, -0.05) is 24.6 Å². The second-order valence-electron chi connectivity index (χ2n) is 6.97. The molecule has 27 heavy (non-hydrogen) atoms. The standard InChI is InChI=1S/C22H24N4O/c27-22(24-11-14-26-12-4-1-5-13-26)19-15-21(17-7-6-10-23-16-17)25-20-9-3-2-8-18(19)20/h2-3,6-10,15-16H,1,4-5,11-14H2,(H,24,27). The van der Waals surface area contributed by atoms with Crippen LogP contribution in [0.25, 0.3) is 22.2 Å². The molecule has 3 aromatic rings. The summed E-state index contributed by atoms with van der Waals surface area (Å²) in [5, 5.41) is 3.97. The number of fused-ring (bicyclic) bond motifs is 1. The molecule has 0 radical (unpaired) electrons. The molecule has 0 spiro atoms. The highest BCUT2D eigenvalue weighted by Crippen LogP contribution is 2.24. The van der Waals surface area contributed by atoms with E-state index in [1.807, 2.05) is 42.5 Å². The molecule has 138 valence electrons. The van der Waals surface area contributed by atoms with Crippen LogP contribution in [-0.2, 0) is 0 Å². The van der Waals surface area contributed by atoms with Gasteiger partial charge in [-0.3, -0.25) is 9.78 Å². The van der Waals surface area contributed by atoms with E-state index in [0.717, 1.165) is 41.8 Å². The van der Waals surface area contributed by atoms with Crippen LogP contribution in [0.15, 0.2) is 54.9 Å². The number of carbonyl (C=O) groups is 1. The van der Waals surface area contributed by atoms with E-state index in [-0.39, 0.29) is 5.91 Å². The summed E-state index contributed by atoms with van der Waals surface area (Å²) in [6.07, 6.45) is 7.35. The summed E-state index contributed by atoms with van der Waals surface area (Å²) in [7, 11) is 0. The molecule has 2 aromatic heterocycles. The zero-order valence-electron chi connectivity index (χ0n) is 15.4. The Morgan fingerprint density at radius 1 is 1.07 bits per heavy atom. The Balaban J connectivity index is 1.56. The van der Waals surface area contributed by atoms with Gasteiger partial charge in [0.05, 0.1) is 16.8 Å². The van der Waals surface area contributed by atoms with E-state index in [0.29, 0.717) is 12.1 Å². The van der Waals surface area contributed by atoms with Crippen LogP contribution >= 0.6 is 0 Å². The van der Waals surface area contributed by atoms with Gasteiger partial charge in [-0.05, 0) is 50.2 Å². The van der Waals surface area contributed by atoms with E-state index in [1.165, 1.54) is 19.3 Å². The van der Waals surface area contributed by atoms with Crippen molar-refractivity contribution < 1.29 is 4.79 Å². The van der Waals surface area contributed by atoms with Crippen molar-refractivity contribution in [3.05, 3.63) is 60.4 Å². The first-order chi connectivity index (χ1) is 13.3. The van der Waals surface area contributed by atoms with Gasteiger partial charge in [0.1, 0.15) is 0 Å². The summed E-state index contributed by atoms with van der Waals surface area (Å²) >= 11 is 0. The number of rotatable bonds is 5. The maximum atomic E-state index is 12.9. The van der Waals surface area contributed by atoms with E-state index in [1.54, 1.807) is 12.4 Å². The van der Waals surface area contributed by atoms with E-state index in [4.69, 9.17) is 4.98 Å². The number of nitrogens with zero attached hydrogens (tertiary/aromatic N) is 3. The first-order valence-corrected chi connectivity index (χ1v) is 9.62. The molecule has 0 atom stereocenters. The predicted octanol–water partition coefficient (Wildman–Crippen LogP) is 3.51. The molecule has 4 rings (SSSR count). The number of hydrogen-bond donors (Lipinski definition) is 1. The van der Waals surface area contributed by atoms with Crippen LogP contribution < -0.4 is 5.32 Å². The fraction of sp³-hybridized carbons (Fsp3) is 0.318. The molecular formula is C22H24N4O. The Morgan fingerprint density at radius 2 is 1.93 bits per heavy atom. The predicted molar refractivity (Wildman–Crippen MR) is 108 cm³/mol. The van der Waals surface area contributed by atoms with Crippen LogP contribution in [0.3, 0.4) is 0 Å². The van der Waals surface area contributed by atoms with E-state index < -0.39 is 0 Å². The normalized spacial score (nSPS) is 15.0. The molecule has 3 heterocycles. The molecule has 0 aliphatic carbocycles. The molecule has 5 nitrogen and oxygen atoms in total. The number of hydrogen-bond acceptors (Lipinski definition) is 4. The zero-order valence-corrected chi connectivity index (χ0v) is 15.4. The molecule has 1 aromatic carbocycles. The number of piperidine rings is 1. The summed E-state index contributed by atoms with van der Waals surface area (Å²) in [4.78, 5) is 24.2. The second kappa shape index (κ2) is 8.27. The second-order valence-corrected chi connectivity index (χ2v) is 6.97. The lowest BCUT2D eigenvalue weighted by Crippen LogP contribution is -2.37. The number of carbonyl (C=O) groups excluding carboxylic acids is 1. The number of nitrogens with one attached hydrogen (secondary N) is 1. The molecule has 0 saturated carbocycles. The van der Waals surface area contributed by atoms with Crippen molar-refractivity contribution in [1.82, 2.24) is 20.2 Å². The third-order valence-electron chi connectivity index (χ3n) is 5.08. The summed E-state index contributed by atoms with van der Waals surface area (Å²) < 4.78 is 0. The number of likely N-dealkylation sites (tertiary alicyclic amines) is 1. The summed E-state index contributed by atoms with van der Waals surface area (Å²) in [5.41, 5.74) is 3.16. The zero-order chi connectivity index (χ0) is 18.5. The van der Waals surface area contributed by atoms with Gasteiger partial charge in [-0.25, -0.2) is 4.98 Å². The van der Waals surface area contributed by atoms with E-state index in [2.05, 4.69) is 15.2 Å². The van der Waals surface area contributed by atoms with Crippen LogP contribution in [0.1, 0.15) is 29.6 Å². The average Bonchev–Trinajstić information content (AvgIpc) is 2.74. The van der Waals surface area contributed by atoms with Crippen molar-refractivity contribution in [3.8, 4) is 11.3 Å². The van der Waals surface area contributed by atoms with Gasteiger partial charge >= 0.3 is 0 Å². The molecule has 0 unspecified atom stereocenters. The van der Waals surface area contributed by atoms with Gasteiger partial charge in [0.15, 0.2) is 0 Å². The molecule has 1 aliphatic heterocycles. The minimum atomic E-state index is -0.0456. The van der Waals surface area contributed by atoms with Crippen molar-refractivity contribution >= 4 is 16.8 Å². The van der Waals surface area contributed by atoms with Gasteiger partial charge in [-0.2, -0.15) is 0 Å². The van der Waals surface area contributed by atoms with Gasteiger partial charge in [0.2, 0.25) is 0 Å². The maximum absolute atomic E-state index is 12.9. The number of para-hydroxylation sites is 1. The fourth-order valence-corrected chi connectivity index (χ4v) is 3.63. The number of benzene rings is 1. The molecule has 0 bridgehead atoms. The Morgan fingerprint density at radius 3 is 2.74 bits per heavy atom. The quantitative estimate of drug-likeness (QED) is 0.756. The Hall–Kier alpha value is -2.79. The first kappa shape index (κ1) is 17.6. The lowest BCUT2D eigenvalue weighted by molar-refractivity contribution is 0.0948. The highest BCUT2D eigenvalue weighted by Gasteiger charge is 2.15. The third-order valence-corrected chi connectivity index (χ3v) is 5.08. The van der Waals surface area contributed by atoms with Gasteiger partial charge in [-0.15, -0.1) is 0 Å². The molecule has 1 saturated heterocycles. The number of aromatic nitrogens is 2. The van der Waals surface area contributed by atoms with Crippen molar-refractivity contribution in [2.24, 2.45) is 0 Å². The monoisotopic (exact) mass is 360 g/mol. The van der Waals surface area contributed by atoms with Crippen molar-refractivity contribution in [2.75, 3.05) is 26.2 Å². The van der Waals surface area contributed by atoms with Gasteiger partial charge in [0, 0.05) is 36.4 Å². The van der Waals surface area contributed by atoms with Gasteiger partial charge in [0.25, 0.3) is 5.91 Å². The highest BCUT2D eigenvalue weighted by atomic mass is 16.1. The molecule has 1 fully saturated rings. The molecule has 1 N–H and O–H groups in total. The molecule has 1 aliphatic rings. The first-order valence-electron chi connectivity index (χ1n) is 9.62. The minimum absolute atomic E-state index is 0.0456. The Bertz CT molecular complexity index is 920. The lowest BCUT2D eigenvalue weighted by atomic mass is 10.0. The molecule has 5 heteroatoms. The molecule has 1 amide bonds. The largest absolute Gasteiger partial charge is 0.351 e. The van der Waals surface area contributed by atoms with Crippen LogP contribution in [0.5, 0.6) is 0 Å². The van der Waals surface area contributed by atoms with Crippen molar-refractivity contribution in [3.63, 3.8) is 0 Å². The maximum Gasteiger partial charge on any atom is 0.252 e. The summed E-state index contributed by atoms with van der Waals surface area (Å²) in [6.45, 7) is 3.85. The van der Waals surface area contributed by atoms with E-state index in [9.17, 15) is 4.79 Å². The van der Waals surface area contributed by atoms with Crippen LogP contribution in [-0.4, -0.2) is 47.0 Å². The number of amides is 1. The van der Waals surface area contributed by atoms with Gasteiger partial charge < -0.3 is 10.2 Å². The average molecular weight is 360 g/mol. The van der Waals surface area contributed by atoms with Crippen molar-refractivity contribution in [1.29, 1.82) is 0 Å². The van der Waals surface area contributed by atoms with Crippen molar-refractivity contribution in [2.45, 2.75) is 19.3 Å². The Labute approximate surface area is 159 Å². The van der Waals surface area contributed by atoms with Crippen LogP contribution in [0, 0.1) is 0 Å². The molecular weight excluding hydrogens is 336 g/mol. The lowest BCUT2D eigenvalue weighted by Gasteiger charge is -2.26. The SMILES string of the molecule is O=C(NCCN1CCCCC1)c1cc(-c2cccnc2)nc2ccccc12. The summed E-state index contributed by atoms with van der Waals surface area (Å²) in [6, 6.07) is 13.5. The smallest absolute Gasteiger partial charge is 0.252 e. The number of pyridine rings is 2. The van der Waals surface area contributed by atoms with E-state index >= 15 is 0 Å². The third kappa shape index (κ3) is 4.14. The minimum Gasteiger partial charge on any atom is -0.351 e. The summed E-state index contributed by atoms with van der Waals surface area (Å²) in [5.74, 6) is -0.0456. The fourth-order valence-electron chi connectivity index (χ4n) is 3.63. The van der Waals surface area contributed by atoms with Crippen LogP contribution in [0.4, 0.5) is 0 Å². The Kier molecular flexibility index (Phi) is 5.39. The van der Waals surface area contributed by atoms with Crippen LogP contribution in [0.2, 0.25) is 0 Å². The topological polar surface area (TPSA) is 58.1 Å². The highest BCUT2D eigenvalue weighted by molar-refractivity contribution is 6.07.